The highest BCUT2D eigenvalue weighted by Gasteiger charge is 2.28. The molecule has 1 N–H and O–H groups in total. The number of amides is 1. The first kappa shape index (κ1) is 26.2. The van der Waals surface area contributed by atoms with E-state index in [1.807, 2.05) is 13.8 Å². The van der Waals surface area contributed by atoms with Gasteiger partial charge in [-0.25, -0.2) is 8.42 Å². The Morgan fingerprint density at radius 1 is 1.00 bits per heavy atom. The number of carbonyl (C=O) groups is 1. The number of carbonyl (C=O) groups excluding carboxylic acids is 1. The van der Waals surface area contributed by atoms with Gasteiger partial charge in [-0.15, -0.1) is 0 Å². The van der Waals surface area contributed by atoms with Crippen LogP contribution in [0.2, 0.25) is 0 Å². The summed E-state index contributed by atoms with van der Waals surface area (Å²) in [4.78, 5) is 25.3. The van der Waals surface area contributed by atoms with Crippen molar-refractivity contribution >= 4 is 48.9 Å². The minimum atomic E-state index is -4.15. The highest BCUT2D eigenvalue weighted by atomic mass is 32.2. The Hall–Kier alpha value is -3.83. The molecule has 0 saturated carbocycles. The summed E-state index contributed by atoms with van der Waals surface area (Å²) in [6.45, 7) is 3.39. The Morgan fingerprint density at radius 2 is 1.70 bits per heavy atom. The highest BCUT2D eigenvalue weighted by molar-refractivity contribution is 7.92. The lowest BCUT2D eigenvalue weighted by atomic mass is 10.2. The maximum atomic E-state index is 13.7. The quantitative estimate of drug-likeness (QED) is 0.335. The lowest BCUT2D eigenvalue weighted by Crippen LogP contribution is -2.38. The molecular weight excluding hydrogens is 514 g/mol. The summed E-state index contributed by atoms with van der Waals surface area (Å²) in [7, 11) is -1.28. The fourth-order valence-electron chi connectivity index (χ4n) is 3.95. The highest BCUT2D eigenvalue weighted by Crippen LogP contribution is 2.32. The monoisotopic (exact) mass is 541 g/mol. The van der Waals surface area contributed by atoms with E-state index in [0.29, 0.717) is 17.1 Å². The summed E-state index contributed by atoms with van der Waals surface area (Å²) < 4.78 is 41.3. The molecule has 1 amide bonds. The molecule has 37 heavy (non-hydrogen) atoms. The van der Waals surface area contributed by atoms with Gasteiger partial charge in [-0.2, -0.15) is 0 Å². The molecule has 194 valence electrons. The van der Waals surface area contributed by atoms with Gasteiger partial charge in [-0.05, 0) is 56.3 Å². The van der Waals surface area contributed by atoms with Crippen molar-refractivity contribution in [2.24, 2.45) is 0 Å². The fraction of sp³-hybridized carbons (Fsp3) is 0.231. The summed E-state index contributed by atoms with van der Waals surface area (Å²) in [5, 5.41) is 2.76. The molecule has 0 bridgehead atoms. The Bertz CT molecular complexity index is 1590. The van der Waals surface area contributed by atoms with Gasteiger partial charge in [0.15, 0.2) is 11.5 Å². The molecule has 1 heterocycles. The van der Waals surface area contributed by atoms with Crippen molar-refractivity contribution in [1.29, 1.82) is 0 Å². The van der Waals surface area contributed by atoms with Crippen LogP contribution >= 0.6 is 11.3 Å². The topological polar surface area (TPSA) is 107 Å². The van der Waals surface area contributed by atoms with Crippen LogP contribution in [0.25, 0.3) is 10.2 Å². The normalized spacial score (nSPS) is 11.5. The lowest BCUT2D eigenvalue weighted by Gasteiger charge is -2.24. The van der Waals surface area contributed by atoms with E-state index >= 15 is 0 Å². The van der Waals surface area contributed by atoms with E-state index in [1.54, 1.807) is 53.1 Å². The number of methoxy groups -OCH3 is 2. The first-order valence-electron chi connectivity index (χ1n) is 11.4. The molecular formula is C26H27N3O6S2. The molecule has 0 unspecified atom stereocenters. The van der Waals surface area contributed by atoms with E-state index in [2.05, 4.69) is 5.32 Å². The van der Waals surface area contributed by atoms with Crippen molar-refractivity contribution in [3.8, 4) is 11.5 Å². The number of fused-ring (bicyclic) bond motifs is 1. The van der Waals surface area contributed by atoms with E-state index < -0.39 is 22.5 Å². The Labute approximate surface area is 218 Å². The predicted octanol–water partition coefficient (Wildman–Crippen LogP) is 4.50. The number of rotatable bonds is 9. The summed E-state index contributed by atoms with van der Waals surface area (Å²) in [5.41, 5.74) is 1.58. The summed E-state index contributed by atoms with van der Waals surface area (Å²) in [5.74, 6) is 0.0963. The molecule has 0 saturated heterocycles. The van der Waals surface area contributed by atoms with Crippen molar-refractivity contribution in [2.75, 3.05) is 30.4 Å². The maximum Gasteiger partial charge on any atom is 0.308 e. The number of benzene rings is 3. The van der Waals surface area contributed by atoms with Crippen molar-refractivity contribution in [2.45, 2.75) is 24.8 Å². The minimum Gasteiger partial charge on any atom is -0.493 e. The number of hydrogen-bond donors (Lipinski definition) is 1. The van der Waals surface area contributed by atoms with Gasteiger partial charge in [0.1, 0.15) is 6.54 Å². The second-order valence-electron chi connectivity index (χ2n) is 8.43. The van der Waals surface area contributed by atoms with Crippen LogP contribution in [0, 0.1) is 0 Å². The van der Waals surface area contributed by atoms with Gasteiger partial charge in [0, 0.05) is 17.8 Å². The van der Waals surface area contributed by atoms with E-state index in [4.69, 9.17) is 9.47 Å². The van der Waals surface area contributed by atoms with Gasteiger partial charge >= 0.3 is 4.87 Å². The van der Waals surface area contributed by atoms with Crippen LogP contribution < -0.4 is 24.0 Å². The Balaban J connectivity index is 1.65. The van der Waals surface area contributed by atoms with Crippen molar-refractivity contribution in [3.05, 3.63) is 76.4 Å². The minimum absolute atomic E-state index is 0.00269. The average Bonchev–Trinajstić information content (AvgIpc) is 3.22. The molecule has 0 fully saturated rings. The molecule has 0 aliphatic carbocycles. The van der Waals surface area contributed by atoms with Crippen LogP contribution in [0.1, 0.15) is 19.9 Å². The number of nitrogens with one attached hydrogen (secondary N) is 1. The first-order chi connectivity index (χ1) is 17.6. The number of aromatic nitrogens is 1. The molecule has 0 radical (unpaired) electrons. The molecule has 3 aromatic carbocycles. The van der Waals surface area contributed by atoms with Crippen LogP contribution in [0.5, 0.6) is 11.5 Å². The molecule has 0 atom stereocenters. The van der Waals surface area contributed by atoms with E-state index in [1.165, 1.54) is 32.4 Å². The van der Waals surface area contributed by atoms with Crippen LogP contribution in [0.15, 0.2) is 76.4 Å². The zero-order valence-electron chi connectivity index (χ0n) is 20.8. The first-order valence-corrected chi connectivity index (χ1v) is 13.7. The van der Waals surface area contributed by atoms with Gasteiger partial charge in [-0.1, -0.05) is 29.5 Å². The van der Waals surface area contributed by atoms with E-state index in [-0.39, 0.29) is 21.6 Å². The SMILES string of the molecule is COc1ccc(S(=O)(=O)N(CC(=O)Nc2ccc3c(c2)sc(=O)n3C(C)C)c2ccccc2)cc1OC. The second kappa shape index (κ2) is 10.7. The number of anilines is 2. The number of para-hydroxylation sites is 1. The van der Waals surface area contributed by atoms with Gasteiger partial charge in [-0.3, -0.25) is 18.5 Å². The summed E-state index contributed by atoms with van der Waals surface area (Å²) >= 11 is 1.09. The number of sulfonamides is 1. The molecule has 0 spiro atoms. The second-order valence-corrected chi connectivity index (χ2v) is 11.3. The van der Waals surface area contributed by atoms with E-state index in [0.717, 1.165) is 25.9 Å². The third kappa shape index (κ3) is 5.32. The van der Waals surface area contributed by atoms with Gasteiger partial charge in [0.25, 0.3) is 10.0 Å². The van der Waals surface area contributed by atoms with Crippen molar-refractivity contribution in [3.63, 3.8) is 0 Å². The molecule has 0 aliphatic rings. The molecule has 1 aromatic heterocycles. The maximum absolute atomic E-state index is 13.7. The van der Waals surface area contributed by atoms with E-state index in [9.17, 15) is 18.0 Å². The van der Waals surface area contributed by atoms with Crippen LogP contribution in [0.4, 0.5) is 11.4 Å². The largest absolute Gasteiger partial charge is 0.493 e. The third-order valence-corrected chi connectivity index (χ3v) is 8.38. The van der Waals surface area contributed by atoms with Crippen molar-refractivity contribution in [1.82, 2.24) is 4.57 Å². The standard InChI is InChI=1S/C26H27N3O6S2/c1-17(2)29-21-12-10-18(14-24(21)36-26(29)31)27-25(30)16-28(19-8-6-5-7-9-19)37(32,33)20-11-13-22(34-3)23(15-20)35-4/h5-15,17H,16H2,1-4H3,(H,27,30). The lowest BCUT2D eigenvalue weighted by molar-refractivity contribution is -0.114. The predicted molar refractivity (Wildman–Crippen MR) is 146 cm³/mol. The zero-order chi connectivity index (χ0) is 26.7. The van der Waals surface area contributed by atoms with Gasteiger partial charge in [0.2, 0.25) is 5.91 Å². The summed E-state index contributed by atoms with van der Waals surface area (Å²) in [6, 6.07) is 17.8. The summed E-state index contributed by atoms with van der Waals surface area (Å²) in [6.07, 6.45) is 0. The van der Waals surface area contributed by atoms with Crippen LogP contribution in [0.3, 0.4) is 0 Å². The number of ether oxygens (including phenoxy) is 2. The zero-order valence-corrected chi connectivity index (χ0v) is 22.4. The van der Waals surface area contributed by atoms with Gasteiger partial charge in [0.05, 0.1) is 35.0 Å². The molecule has 4 aromatic rings. The molecule has 4 rings (SSSR count). The van der Waals surface area contributed by atoms with Crippen molar-refractivity contribution < 1.29 is 22.7 Å². The fourth-order valence-corrected chi connectivity index (χ4v) is 6.44. The molecule has 9 nitrogen and oxygen atoms in total. The number of thiazole rings is 1. The van der Waals surface area contributed by atoms with Crippen LogP contribution in [-0.4, -0.2) is 39.7 Å². The van der Waals surface area contributed by atoms with Gasteiger partial charge < -0.3 is 14.8 Å². The third-order valence-electron chi connectivity index (χ3n) is 5.69. The molecule has 11 heteroatoms. The Morgan fingerprint density at radius 3 is 2.35 bits per heavy atom. The Kier molecular flexibility index (Phi) is 7.55. The molecule has 0 aliphatic heterocycles. The number of hydrogen-bond acceptors (Lipinski definition) is 7. The average molecular weight is 542 g/mol. The van der Waals surface area contributed by atoms with Crippen LogP contribution in [-0.2, 0) is 14.8 Å². The smallest absolute Gasteiger partial charge is 0.308 e. The number of nitrogens with zero attached hydrogens (tertiary/aromatic N) is 2.